The summed E-state index contributed by atoms with van der Waals surface area (Å²) < 4.78 is 18.8. The maximum absolute atomic E-state index is 13.2. The van der Waals surface area contributed by atoms with Crippen LogP contribution in [0.3, 0.4) is 0 Å². The third-order valence-corrected chi connectivity index (χ3v) is 7.37. The minimum Gasteiger partial charge on any atom is -0.489 e. The van der Waals surface area contributed by atoms with E-state index in [0.717, 1.165) is 43.4 Å². The Kier molecular flexibility index (Phi) is 12.2. The van der Waals surface area contributed by atoms with Crippen LogP contribution in [0.2, 0.25) is 0 Å². The van der Waals surface area contributed by atoms with Crippen molar-refractivity contribution in [2.24, 2.45) is 0 Å². The van der Waals surface area contributed by atoms with Crippen LogP contribution in [-0.2, 0) is 38.8 Å². The molecule has 1 amide bonds. The summed E-state index contributed by atoms with van der Waals surface area (Å²) in [6, 6.07) is 27.8. The fourth-order valence-electron chi connectivity index (χ4n) is 5.14. The number of piperidine rings is 1. The van der Waals surface area contributed by atoms with Gasteiger partial charge in [0.1, 0.15) is 24.6 Å². The van der Waals surface area contributed by atoms with Gasteiger partial charge in [0.25, 0.3) is 0 Å². The lowest BCUT2D eigenvalue weighted by molar-refractivity contribution is -0.159. The first-order valence-corrected chi connectivity index (χ1v) is 15.6. The third kappa shape index (κ3) is 10.9. The molecule has 48 heavy (non-hydrogen) atoms. The second kappa shape index (κ2) is 16.5. The molecule has 12 nitrogen and oxygen atoms in total. The number of aromatic nitrogens is 1. The molecule has 4 aromatic rings. The van der Waals surface area contributed by atoms with Gasteiger partial charge in [-0.25, -0.2) is 23.7 Å². The Balaban J connectivity index is 0.000000794. The van der Waals surface area contributed by atoms with Crippen molar-refractivity contribution < 1.29 is 43.6 Å². The quantitative estimate of drug-likeness (QED) is 0.190. The van der Waals surface area contributed by atoms with Gasteiger partial charge in [0, 0.05) is 31.1 Å². The van der Waals surface area contributed by atoms with Crippen LogP contribution in [0.1, 0.15) is 50.4 Å². The van der Waals surface area contributed by atoms with E-state index in [4.69, 9.17) is 34.0 Å². The Morgan fingerprint density at radius 3 is 2.00 bits per heavy atom. The van der Waals surface area contributed by atoms with Crippen molar-refractivity contribution >= 4 is 35.0 Å². The molecule has 0 spiro atoms. The normalized spacial score (nSPS) is 13.6. The number of alkyl carbamates (subject to hydrolysis) is 1. The predicted octanol–water partition coefficient (Wildman–Crippen LogP) is 6.05. The molecule has 0 aliphatic carbocycles. The molecule has 0 saturated carbocycles. The van der Waals surface area contributed by atoms with Crippen molar-refractivity contribution in [3.8, 4) is 5.75 Å². The highest BCUT2D eigenvalue weighted by Crippen LogP contribution is 2.27. The number of carboxylic acid groups (broad SMARTS) is 2. The summed E-state index contributed by atoms with van der Waals surface area (Å²) >= 11 is 0. The van der Waals surface area contributed by atoms with Crippen molar-refractivity contribution in [3.05, 3.63) is 102 Å². The maximum atomic E-state index is 13.2. The Morgan fingerprint density at radius 2 is 1.42 bits per heavy atom. The van der Waals surface area contributed by atoms with Crippen molar-refractivity contribution in [2.75, 3.05) is 13.1 Å². The van der Waals surface area contributed by atoms with Crippen LogP contribution >= 0.6 is 0 Å². The molecule has 5 rings (SSSR count). The van der Waals surface area contributed by atoms with E-state index in [1.807, 2.05) is 81.4 Å². The number of carbonyl (C=O) groups excluding carboxylic acids is 2. The first-order valence-electron chi connectivity index (χ1n) is 15.6. The van der Waals surface area contributed by atoms with Crippen LogP contribution in [0.4, 0.5) is 9.59 Å². The summed E-state index contributed by atoms with van der Waals surface area (Å²) in [6.45, 7) is 8.53. The van der Waals surface area contributed by atoms with E-state index < -0.39 is 29.7 Å². The lowest BCUT2D eigenvalue weighted by Gasteiger charge is -2.32. The van der Waals surface area contributed by atoms with Gasteiger partial charge in [-0.2, -0.15) is 0 Å². The Hall–Kier alpha value is -5.36. The van der Waals surface area contributed by atoms with E-state index in [9.17, 15) is 9.59 Å². The highest BCUT2D eigenvalue weighted by atomic mass is 16.6. The third-order valence-electron chi connectivity index (χ3n) is 7.37. The minimum absolute atomic E-state index is 0.0468. The number of rotatable bonds is 8. The van der Waals surface area contributed by atoms with Gasteiger partial charge in [-0.1, -0.05) is 60.7 Å². The Bertz CT molecular complexity index is 1680. The zero-order chi connectivity index (χ0) is 34.7. The fraction of sp³-hybridized carbons (Fsp3) is 0.333. The number of hydrogen-bond donors (Lipinski definition) is 3. The van der Waals surface area contributed by atoms with Gasteiger partial charge in [0.05, 0.1) is 11.2 Å². The van der Waals surface area contributed by atoms with Crippen LogP contribution in [-0.4, -0.2) is 68.5 Å². The lowest BCUT2D eigenvalue weighted by Crippen LogP contribution is -2.44. The van der Waals surface area contributed by atoms with Gasteiger partial charge in [-0.15, -0.1) is 0 Å². The lowest BCUT2D eigenvalue weighted by atomic mass is 10.0. The zero-order valence-corrected chi connectivity index (χ0v) is 27.3. The van der Waals surface area contributed by atoms with Crippen LogP contribution in [0.25, 0.3) is 10.9 Å². The summed E-state index contributed by atoms with van der Waals surface area (Å²) in [7, 11) is 0. The van der Waals surface area contributed by atoms with Gasteiger partial charge >= 0.3 is 24.1 Å². The standard InChI is InChI=1S/C34H39N3O5.C2H2O4/c1-34(2,3)42-33(39)37-29(20-27-21-30(14-15-31(27)37)40-23-26-12-8-5-9-13-26)24-41-32(38)35-28-16-18-36(19-17-28)22-25-10-6-4-7-11-25;3-1(4)2(5)6/h4-15,20-21,28H,16-19,22-24H2,1-3H3,(H,35,38);(H,3,4)(H,5,6). The fourth-order valence-corrected chi connectivity index (χ4v) is 5.14. The molecule has 0 bridgehead atoms. The molecular formula is C36H41N3O9. The van der Waals surface area contributed by atoms with E-state index in [2.05, 4.69) is 34.5 Å². The Labute approximate surface area is 278 Å². The Morgan fingerprint density at radius 1 is 0.812 bits per heavy atom. The summed E-state index contributed by atoms with van der Waals surface area (Å²) in [5.41, 5.74) is 2.84. The second-order valence-electron chi connectivity index (χ2n) is 12.3. The molecule has 1 aliphatic rings. The van der Waals surface area contributed by atoms with E-state index in [1.54, 1.807) is 0 Å². The number of fused-ring (bicyclic) bond motifs is 1. The number of likely N-dealkylation sites (tertiary alicyclic amines) is 1. The SMILES string of the molecule is CC(C)(C)OC(=O)n1c(COC(=O)NC2CCN(Cc3ccccc3)CC2)cc2cc(OCc3ccccc3)ccc21.O=C(O)C(=O)O. The van der Waals surface area contributed by atoms with E-state index in [0.29, 0.717) is 23.6 Å². The highest BCUT2D eigenvalue weighted by molar-refractivity contribution is 6.27. The molecule has 1 aliphatic heterocycles. The van der Waals surface area contributed by atoms with E-state index in [-0.39, 0.29) is 12.6 Å². The molecule has 254 valence electrons. The van der Waals surface area contributed by atoms with E-state index >= 15 is 0 Å². The monoisotopic (exact) mass is 659 g/mol. The number of benzene rings is 3. The number of hydrogen-bond acceptors (Lipinski definition) is 8. The molecule has 2 heterocycles. The molecule has 3 aromatic carbocycles. The van der Waals surface area contributed by atoms with Gasteiger partial charge in [0.2, 0.25) is 0 Å². The first-order chi connectivity index (χ1) is 22.9. The summed E-state index contributed by atoms with van der Waals surface area (Å²) in [5, 5.41) is 18.6. The predicted molar refractivity (Wildman–Crippen MR) is 178 cm³/mol. The van der Waals surface area contributed by atoms with Crippen molar-refractivity contribution in [3.63, 3.8) is 0 Å². The van der Waals surface area contributed by atoms with Gasteiger partial charge in [-0.05, 0) is 69.0 Å². The van der Waals surface area contributed by atoms with Crippen LogP contribution in [0.15, 0.2) is 84.9 Å². The number of amides is 1. The van der Waals surface area contributed by atoms with Crippen molar-refractivity contribution in [2.45, 2.75) is 65.0 Å². The highest BCUT2D eigenvalue weighted by Gasteiger charge is 2.25. The topological polar surface area (TPSA) is 157 Å². The zero-order valence-electron chi connectivity index (χ0n) is 27.3. The van der Waals surface area contributed by atoms with E-state index in [1.165, 1.54) is 10.1 Å². The average molecular weight is 660 g/mol. The molecule has 12 heteroatoms. The summed E-state index contributed by atoms with van der Waals surface area (Å²) in [4.78, 5) is 46.6. The molecule has 0 radical (unpaired) electrons. The molecule has 3 N–H and O–H groups in total. The van der Waals surface area contributed by atoms with Gasteiger partial charge < -0.3 is 29.7 Å². The van der Waals surface area contributed by atoms with Crippen LogP contribution in [0, 0.1) is 0 Å². The van der Waals surface area contributed by atoms with Crippen LogP contribution < -0.4 is 10.1 Å². The number of carbonyl (C=O) groups is 4. The largest absolute Gasteiger partial charge is 0.489 e. The summed E-state index contributed by atoms with van der Waals surface area (Å²) in [6.07, 6.45) is 0.683. The molecule has 1 saturated heterocycles. The molecule has 1 aromatic heterocycles. The van der Waals surface area contributed by atoms with Gasteiger partial charge in [0.15, 0.2) is 0 Å². The van der Waals surface area contributed by atoms with Crippen molar-refractivity contribution in [1.29, 1.82) is 0 Å². The maximum Gasteiger partial charge on any atom is 0.419 e. The second-order valence-corrected chi connectivity index (χ2v) is 12.3. The minimum atomic E-state index is -1.82. The van der Waals surface area contributed by atoms with Gasteiger partial charge in [-0.3, -0.25) is 4.90 Å². The number of carboxylic acids is 2. The smallest absolute Gasteiger partial charge is 0.419 e. The molecule has 1 fully saturated rings. The first kappa shape index (κ1) is 35.5. The number of aliphatic carboxylic acids is 2. The number of nitrogens with zero attached hydrogens (tertiary/aromatic N) is 2. The van der Waals surface area contributed by atoms with Crippen molar-refractivity contribution in [1.82, 2.24) is 14.8 Å². The number of nitrogens with one attached hydrogen (secondary N) is 1. The average Bonchev–Trinajstić information content (AvgIpc) is 3.42. The molecule has 0 atom stereocenters. The van der Waals surface area contributed by atoms with Crippen LogP contribution in [0.5, 0.6) is 5.75 Å². The molecule has 0 unspecified atom stereocenters. The summed E-state index contributed by atoms with van der Waals surface area (Å²) in [5.74, 6) is -2.97. The molecular weight excluding hydrogens is 618 g/mol. The number of ether oxygens (including phenoxy) is 3.